The van der Waals surface area contributed by atoms with Crippen LogP contribution in [0, 0.1) is 0 Å². The molecule has 0 fully saturated rings. The second-order valence-corrected chi connectivity index (χ2v) is 8.42. The van der Waals surface area contributed by atoms with Gasteiger partial charge in [-0.15, -0.1) is 22.7 Å². The third-order valence-corrected chi connectivity index (χ3v) is 6.78. The highest BCUT2D eigenvalue weighted by molar-refractivity contribution is 7.20. The molecule has 7 heteroatoms. The van der Waals surface area contributed by atoms with Gasteiger partial charge < -0.3 is 10.1 Å². The molecular weight excluding hydrogens is 402 g/mol. The van der Waals surface area contributed by atoms with E-state index in [2.05, 4.69) is 41.2 Å². The average molecular weight is 430 g/mol. The number of nitrogens with one attached hydrogen (secondary N) is 1. The van der Waals surface area contributed by atoms with Gasteiger partial charge in [0.1, 0.15) is 10.8 Å². The van der Waals surface area contributed by atoms with Gasteiger partial charge >= 0.3 is 0 Å². The van der Waals surface area contributed by atoms with Crippen LogP contribution in [0.1, 0.15) is 31.1 Å². The number of thiazole rings is 1. The SMILES string of the molecule is CCN(CC)C(CNC(=O)Cc1csc(-c2cccs2)n1)c1cccc(OC)c1. The third-order valence-electron chi connectivity index (χ3n) is 4.85. The van der Waals surface area contributed by atoms with Crippen molar-refractivity contribution in [1.29, 1.82) is 0 Å². The topological polar surface area (TPSA) is 54.5 Å². The van der Waals surface area contributed by atoms with E-state index in [4.69, 9.17) is 4.74 Å². The van der Waals surface area contributed by atoms with Gasteiger partial charge in [0.25, 0.3) is 0 Å². The second kappa shape index (κ2) is 10.5. The van der Waals surface area contributed by atoms with E-state index in [9.17, 15) is 4.79 Å². The highest BCUT2D eigenvalue weighted by Crippen LogP contribution is 2.28. The van der Waals surface area contributed by atoms with Gasteiger partial charge in [0.05, 0.1) is 30.1 Å². The molecule has 1 amide bonds. The monoisotopic (exact) mass is 429 g/mol. The number of methoxy groups -OCH3 is 1. The Hall–Kier alpha value is -2.22. The summed E-state index contributed by atoms with van der Waals surface area (Å²) in [4.78, 5) is 20.7. The first-order valence-corrected chi connectivity index (χ1v) is 11.5. The summed E-state index contributed by atoms with van der Waals surface area (Å²) in [7, 11) is 1.67. The molecule has 1 N–H and O–H groups in total. The summed E-state index contributed by atoms with van der Waals surface area (Å²) in [6.45, 7) is 6.64. The fraction of sp³-hybridized carbons (Fsp3) is 0.364. The minimum atomic E-state index is -0.00641. The van der Waals surface area contributed by atoms with Crippen molar-refractivity contribution in [1.82, 2.24) is 15.2 Å². The number of benzene rings is 1. The van der Waals surface area contributed by atoms with Crippen molar-refractivity contribution in [3.8, 4) is 15.6 Å². The summed E-state index contributed by atoms with van der Waals surface area (Å²) in [6, 6.07) is 12.2. The molecule has 0 saturated heterocycles. The van der Waals surface area contributed by atoms with Crippen molar-refractivity contribution >= 4 is 28.6 Å². The molecule has 2 heterocycles. The molecule has 1 unspecified atom stereocenters. The quantitative estimate of drug-likeness (QED) is 0.511. The van der Waals surface area contributed by atoms with E-state index in [-0.39, 0.29) is 11.9 Å². The average Bonchev–Trinajstić information content (AvgIpc) is 3.43. The molecule has 0 aliphatic carbocycles. The molecule has 29 heavy (non-hydrogen) atoms. The molecule has 154 valence electrons. The summed E-state index contributed by atoms with van der Waals surface area (Å²) in [5, 5.41) is 8.09. The maximum Gasteiger partial charge on any atom is 0.226 e. The van der Waals surface area contributed by atoms with Crippen LogP contribution < -0.4 is 10.1 Å². The molecule has 0 spiro atoms. The molecule has 3 aromatic rings. The molecule has 2 aromatic heterocycles. The lowest BCUT2D eigenvalue weighted by Gasteiger charge is -2.30. The highest BCUT2D eigenvalue weighted by atomic mass is 32.1. The number of thiophene rings is 1. The fourth-order valence-electron chi connectivity index (χ4n) is 3.31. The van der Waals surface area contributed by atoms with Gasteiger partial charge in [-0.2, -0.15) is 0 Å². The van der Waals surface area contributed by atoms with E-state index in [0.29, 0.717) is 13.0 Å². The summed E-state index contributed by atoms with van der Waals surface area (Å²) in [6.07, 6.45) is 0.297. The van der Waals surface area contributed by atoms with Gasteiger partial charge in [0.2, 0.25) is 5.91 Å². The zero-order chi connectivity index (χ0) is 20.6. The van der Waals surface area contributed by atoms with Crippen LogP contribution in [0.25, 0.3) is 9.88 Å². The zero-order valence-electron chi connectivity index (χ0n) is 17.1. The van der Waals surface area contributed by atoms with Crippen LogP contribution in [0.5, 0.6) is 5.75 Å². The van der Waals surface area contributed by atoms with Crippen molar-refractivity contribution in [2.24, 2.45) is 0 Å². The van der Waals surface area contributed by atoms with Crippen LogP contribution >= 0.6 is 22.7 Å². The Morgan fingerprint density at radius 3 is 2.72 bits per heavy atom. The Kier molecular flexibility index (Phi) is 7.80. The van der Waals surface area contributed by atoms with E-state index < -0.39 is 0 Å². The highest BCUT2D eigenvalue weighted by Gasteiger charge is 2.20. The van der Waals surface area contributed by atoms with Crippen LogP contribution in [0.15, 0.2) is 47.2 Å². The Labute approximate surface area is 180 Å². The molecular formula is C22H27N3O2S2. The van der Waals surface area contributed by atoms with Crippen molar-refractivity contribution in [3.63, 3.8) is 0 Å². The van der Waals surface area contributed by atoms with Crippen molar-refractivity contribution in [2.75, 3.05) is 26.7 Å². The minimum Gasteiger partial charge on any atom is -0.497 e. The summed E-state index contributed by atoms with van der Waals surface area (Å²) < 4.78 is 5.38. The molecule has 3 rings (SSSR count). The van der Waals surface area contributed by atoms with Crippen molar-refractivity contribution in [3.05, 3.63) is 58.4 Å². The molecule has 0 aliphatic rings. The van der Waals surface area contributed by atoms with E-state index in [1.54, 1.807) is 29.8 Å². The standard InChI is InChI=1S/C22H27N3O2S2/c1-4-25(5-2)19(16-8-6-9-18(12-16)27-3)14-23-21(26)13-17-15-29-22(24-17)20-10-7-11-28-20/h6-12,15,19H,4-5,13-14H2,1-3H3,(H,23,26). The predicted molar refractivity (Wildman–Crippen MR) is 121 cm³/mol. The lowest BCUT2D eigenvalue weighted by molar-refractivity contribution is -0.120. The maximum absolute atomic E-state index is 12.6. The van der Waals surface area contributed by atoms with Gasteiger partial charge in [0.15, 0.2) is 0 Å². The first-order chi connectivity index (χ1) is 14.1. The van der Waals surface area contributed by atoms with Crippen LogP contribution in [0.4, 0.5) is 0 Å². The smallest absolute Gasteiger partial charge is 0.226 e. The Morgan fingerprint density at radius 1 is 1.21 bits per heavy atom. The van der Waals surface area contributed by atoms with Gasteiger partial charge in [-0.3, -0.25) is 9.69 Å². The first kappa shape index (κ1) is 21.5. The third kappa shape index (κ3) is 5.65. The molecule has 0 aliphatic heterocycles. The molecule has 1 aromatic carbocycles. The summed E-state index contributed by atoms with van der Waals surface area (Å²) in [5.74, 6) is 0.822. The number of likely N-dealkylation sites (N-methyl/N-ethyl adjacent to an activating group) is 1. The van der Waals surface area contributed by atoms with Crippen molar-refractivity contribution < 1.29 is 9.53 Å². The van der Waals surface area contributed by atoms with Gasteiger partial charge in [0, 0.05) is 11.9 Å². The molecule has 0 bridgehead atoms. The van der Waals surface area contributed by atoms with Gasteiger partial charge in [-0.25, -0.2) is 4.98 Å². The molecule has 1 atom stereocenters. The van der Waals surface area contributed by atoms with E-state index in [1.165, 1.54) is 0 Å². The predicted octanol–water partition coefficient (Wildman–Crippen LogP) is 4.62. The summed E-state index contributed by atoms with van der Waals surface area (Å²) >= 11 is 3.25. The van der Waals surface area contributed by atoms with E-state index in [0.717, 1.165) is 40.0 Å². The summed E-state index contributed by atoms with van der Waals surface area (Å²) in [5.41, 5.74) is 1.96. The zero-order valence-corrected chi connectivity index (χ0v) is 18.7. The van der Waals surface area contributed by atoms with E-state index >= 15 is 0 Å². The Bertz CT molecular complexity index is 904. The Morgan fingerprint density at radius 2 is 2.03 bits per heavy atom. The number of aromatic nitrogens is 1. The Balaban J connectivity index is 1.64. The number of amides is 1. The maximum atomic E-state index is 12.6. The fourth-order valence-corrected chi connectivity index (χ4v) is 4.94. The number of ether oxygens (including phenoxy) is 1. The first-order valence-electron chi connectivity index (χ1n) is 9.77. The number of nitrogens with zero attached hydrogens (tertiary/aromatic N) is 2. The normalized spacial score (nSPS) is 12.1. The van der Waals surface area contributed by atoms with Crippen LogP contribution in [-0.2, 0) is 11.2 Å². The molecule has 0 saturated carbocycles. The van der Waals surface area contributed by atoms with Crippen LogP contribution in [0.2, 0.25) is 0 Å². The second-order valence-electron chi connectivity index (χ2n) is 6.62. The number of hydrogen-bond donors (Lipinski definition) is 1. The van der Waals surface area contributed by atoms with Crippen LogP contribution in [0.3, 0.4) is 0 Å². The van der Waals surface area contributed by atoms with E-state index in [1.807, 2.05) is 35.0 Å². The van der Waals surface area contributed by atoms with Gasteiger partial charge in [-0.1, -0.05) is 32.0 Å². The number of carbonyl (C=O) groups is 1. The lowest BCUT2D eigenvalue weighted by atomic mass is 10.0. The number of carbonyl (C=O) groups excluding carboxylic acids is 1. The number of hydrogen-bond acceptors (Lipinski definition) is 6. The molecule has 0 radical (unpaired) electrons. The molecule has 5 nitrogen and oxygen atoms in total. The number of rotatable bonds is 10. The van der Waals surface area contributed by atoms with Crippen LogP contribution in [-0.4, -0.2) is 42.5 Å². The lowest BCUT2D eigenvalue weighted by Crippen LogP contribution is -2.38. The van der Waals surface area contributed by atoms with Gasteiger partial charge in [-0.05, 0) is 42.2 Å². The largest absolute Gasteiger partial charge is 0.497 e. The minimum absolute atomic E-state index is 0.00641. The van der Waals surface area contributed by atoms with Crippen molar-refractivity contribution in [2.45, 2.75) is 26.3 Å².